The molecule has 0 saturated heterocycles. The molecule has 3 amide bonds. The summed E-state index contributed by atoms with van der Waals surface area (Å²) in [6, 6.07) is 15.5. The van der Waals surface area contributed by atoms with Crippen molar-refractivity contribution in [3.63, 3.8) is 0 Å². The standard InChI is InChI=1S/C29H40N4O6/c1-29(2,3)39-28(36)33(20-21-16-18-23(38-5)19-17-21)25(27(35)31-22-12-8-6-9-13-22)15-11-7-10-14-24(32-37)26(34)30-4/h6,8-9,12-13,16-19,25,37H,7,10-11,14-15,20H2,1-5H3,(H,30,34)(H,31,35)/b32-24-/t25-/m0/s1. The minimum Gasteiger partial charge on any atom is -0.497 e. The lowest BCUT2D eigenvalue weighted by atomic mass is 10.0. The van der Waals surface area contributed by atoms with Gasteiger partial charge in [-0.1, -0.05) is 48.3 Å². The highest BCUT2D eigenvalue weighted by Crippen LogP contribution is 2.22. The zero-order chi connectivity index (χ0) is 28.8. The number of benzene rings is 2. The molecule has 10 heteroatoms. The minimum absolute atomic E-state index is 0.0470. The van der Waals surface area contributed by atoms with Crippen LogP contribution in [0.15, 0.2) is 59.8 Å². The van der Waals surface area contributed by atoms with Gasteiger partial charge >= 0.3 is 6.09 Å². The number of nitrogens with one attached hydrogen (secondary N) is 2. The Morgan fingerprint density at radius 2 is 1.67 bits per heavy atom. The van der Waals surface area contributed by atoms with Crippen LogP contribution in [-0.4, -0.2) is 59.5 Å². The van der Waals surface area contributed by atoms with E-state index >= 15 is 0 Å². The van der Waals surface area contributed by atoms with Gasteiger partial charge in [-0.05, 0) is 69.9 Å². The van der Waals surface area contributed by atoms with Gasteiger partial charge in [-0.25, -0.2) is 4.79 Å². The summed E-state index contributed by atoms with van der Waals surface area (Å²) < 4.78 is 10.9. The lowest BCUT2D eigenvalue weighted by Gasteiger charge is -2.33. The SMILES string of the molecule is CNC(=O)/C(CCCCC[C@@H](C(=O)Nc1ccccc1)N(Cc1ccc(OC)cc1)C(=O)OC(C)(C)C)=N\O. The van der Waals surface area contributed by atoms with E-state index in [0.29, 0.717) is 43.5 Å². The molecule has 0 aromatic heterocycles. The van der Waals surface area contributed by atoms with E-state index < -0.39 is 23.6 Å². The number of hydrogen-bond acceptors (Lipinski definition) is 7. The fourth-order valence-corrected chi connectivity index (χ4v) is 3.89. The highest BCUT2D eigenvalue weighted by atomic mass is 16.6. The number of rotatable bonds is 13. The van der Waals surface area contributed by atoms with Gasteiger partial charge in [-0.2, -0.15) is 0 Å². The molecule has 0 bridgehead atoms. The first-order valence-electron chi connectivity index (χ1n) is 13.0. The van der Waals surface area contributed by atoms with E-state index in [2.05, 4.69) is 15.8 Å². The number of oxime groups is 1. The molecule has 0 heterocycles. The molecule has 0 aliphatic heterocycles. The second-order valence-corrected chi connectivity index (χ2v) is 10.1. The van der Waals surface area contributed by atoms with E-state index in [0.717, 1.165) is 5.56 Å². The van der Waals surface area contributed by atoms with Crippen molar-refractivity contribution < 1.29 is 29.1 Å². The Morgan fingerprint density at radius 3 is 2.23 bits per heavy atom. The first-order valence-corrected chi connectivity index (χ1v) is 13.0. The van der Waals surface area contributed by atoms with Crippen molar-refractivity contribution in [2.75, 3.05) is 19.5 Å². The summed E-state index contributed by atoms with van der Waals surface area (Å²) in [5.41, 5.74) is 0.727. The van der Waals surface area contributed by atoms with Gasteiger partial charge < -0.3 is 25.3 Å². The molecule has 2 rings (SSSR count). The third-order valence-corrected chi connectivity index (χ3v) is 5.86. The molecule has 39 heavy (non-hydrogen) atoms. The molecule has 10 nitrogen and oxygen atoms in total. The lowest BCUT2D eigenvalue weighted by Crippen LogP contribution is -2.48. The Kier molecular flexibility index (Phi) is 12.3. The zero-order valence-corrected chi connectivity index (χ0v) is 23.4. The van der Waals surface area contributed by atoms with Crippen LogP contribution in [0.3, 0.4) is 0 Å². The molecular weight excluding hydrogens is 500 g/mol. The molecule has 212 valence electrons. The molecule has 2 aromatic carbocycles. The zero-order valence-electron chi connectivity index (χ0n) is 23.4. The predicted octanol–water partition coefficient (Wildman–Crippen LogP) is 4.97. The van der Waals surface area contributed by atoms with Gasteiger partial charge in [-0.3, -0.25) is 14.5 Å². The van der Waals surface area contributed by atoms with E-state index in [9.17, 15) is 14.4 Å². The third-order valence-electron chi connectivity index (χ3n) is 5.86. The summed E-state index contributed by atoms with van der Waals surface area (Å²) in [5.74, 6) is -0.0831. The Morgan fingerprint density at radius 1 is 1.00 bits per heavy atom. The molecule has 3 N–H and O–H groups in total. The van der Waals surface area contributed by atoms with Crippen molar-refractivity contribution in [3.8, 4) is 5.75 Å². The summed E-state index contributed by atoms with van der Waals surface area (Å²) in [5, 5.41) is 17.5. The normalized spacial score (nSPS) is 12.3. The summed E-state index contributed by atoms with van der Waals surface area (Å²) in [4.78, 5) is 40.2. The van der Waals surface area contributed by atoms with Crippen molar-refractivity contribution in [3.05, 3.63) is 60.2 Å². The maximum absolute atomic E-state index is 13.6. The first kappa shape index (κ1) is 31.1. The van der Waals surface area contributed by atoms with Gasteiger partial charge in [0.05, 0.1) is 7.11 Å². The molecule has 0 aliphatic rings. The lowest BCUT2D eigenvalue weighted by molar-refractivity contribution is -0.122. The van der Waals surface area contributed by atoms with Crippen LogP contribution in [0.2, 0.25) is 0 Å². The van der Waals surface area contributed by atoms with Crippen LogP contribution in [-0.2, 0) is 20.9 Å². The number of unbranched alkanes of at least 4 members (excludes halogenated alkanes) is 2. The topological polar surface area (TPSA) is 130 Å². The third kappa shape index (κ3) is 10.7. The second kappa shape index (κ2) is 15.4. The van der Waals surface area contributed by atoms with Gasteiger partial charge in [0.2, 0.25) is 5.91 Å². The van der Waals surface area contributed by atoms with Gasteiger partial charge in [0.25, 0.3) is 5.91 Å². The Balaban J connectivity index is 2.27. The van der Waals surface area contributed by atoms with E-state index in [1.54, 1.807) is 52.1 Å². The quantitative estimate of drug-likeness (QED) is 0.142. The maximum atomic E-state index is 13.6. The summed E-state index contributed by atoms with van der Waals surface area (Å²) in [6.07, 6.45) is 1.86. The number of anilines is 1. The fourth-order valence-electron chi connectivity index (χ4n) is 3.89. The number of carbonyl (C=O) groups excluding carboxylic acids is 3. The summed E-state index contributed by atoms with van der Waals surface area (Å²) in [7, 11) is 3.05. The van der Waals surface area contributed by atoms with Crippen LogP contribution >= 0.6 is 0 Å². The van der Waals surface area contributed by atoms with E-state index in [-0.39, 0.29) is 18.2 Å². The number of methoxy groups -OCH3 is 1. The first-order chi connectivity index (χ1) is 18.6. The number of ether oxygens (including phenoxy) is 2. The van der Waals surface area contributed by atoms with E-state index in [4.69, 9.17) is 14.7 Å². The van der Waals surface area contributed by atoms with E-state index in [1.807, 2.05) is 30.3 Å². The average molecular weight is 541 g/mol. The molecule has 0 fully saturated rings. The number of amides is 3. The molecule has 2 aromatic rings. The minimum atomic E-state index is -0.827. The van der Waals surface area contributed by atoms with Crippen molar-refractivity contribution >= 4 is 29.3 Å². The van der Waals surface area contributed by atoms with Crippen LogP contribution in [0.1, 0.15) is 58.4 Å². The van der Waals surface area contributed by atoms with E-state index in [1.165, 1.54) is 11.9 Å². The Bertz CT molecular complexity index is 1100. The second-order valence-electron chi connectivity index (χ2n) is 10.1. The van der Waals surface area contributed by atoms with Crippen LogP contribution in [0, 0.1) is 0 Å². The number of carbonyl (C=O) groups is 3. The van der Waals surface area contributed by atoms with Gasteiger partial charge in [0, 0.05) is 19.3 Å². The van der Waals surface area contributed by atoms with Crippen molar-refractivity contribution in [2.45, 2.75) is 71.1 Å². The smallest absolute Gasteiger partial charge is 0.411 e. The molecule has 1 atom stereocenters. The average Bonchev–Trinajstić information content (AvgIpc) is 2.91. The highest BCUT2D eigenvalue weighted by molar-refractivity contribution is 6.38. The maximum Gasteiger partial charge on any atom is 0.411 e. The van der Waals surface area contributed by atoms with Crippen LogP contribution < -0.4 is 15.4 Å². The molecule has 0 aliphatic carbocycles. The number of nitrogens with zero attached hydrogens (tertiary/aromatic N) is 2. The van der Waals surface area contributed by atoms with Crippen LogP contribution in [0.4, 0.5) is 10.5 Å². The molecule has 0 spiro atoms. The highest BCUT2D eigenvalue weighted by Gasteiger charge is 2.33. The van der Waals surface area contributed by atoms with Crippen LogP contribution in [0.25, 0.3) is 0 Å². The van der Waals surface area contributed by atoms with Gasteiger partial charge in [0.15, 0.2) is 0 Å². The Hall–Kier alpha value is -4.08. The monoisotopic (exact) mass is 540 g/mol. The predicted molar refractivity (Wildman–Crippen MR) is 150 cm³/mol. The summed E-state index contributed by atoms with van der Waals surface area (Å²) in [6.45, 7) is 5.50. The number of hydrogen-bond donors (Lipinski definition) is 3. The van der Waals surface area contributed by atoms with Crippen molar-refractivity contribution in [2.24, 2.45) is 5.16 Å². The molecule has 0 saturated carbocycles. The largest absolute Gasteiger partial charge is 0.497 e. The van der Waals surface area contributed by atoms with Gasteiger partial charge in [-0.15, -0.1) is 0 Å². The Labute approximate surface area is 230 Å². The number of para-hydroxylation sites is 1. The van der Waals surface area contributed by atoms with Crippen molar-refractivity contribution in [1.82, 2.24) is 10.2 Å². The molecular formula is C29H40N4O6. The summed E-state index contributed by atoms with van der Waals surface area (Å²) >= 11 is 0. The van der Waals surface area contributed by atoms with Gasteiger partial charge in [0.1, 0.15) is 23.1 Å². The molecule has 0 radical (unpaired) electrons. The molecule has 0 unspecified atom stereocenters. The fraction of sp³-hybridized carbons (Fsp3) is 0.448. The van der Waals surface area contributed by atoms with Crippen LogP contribution in [0.5, 0.6) is 5.75 Å². The van der Waals surface area contributed by atoms with Crippen molar-refractivity contribution in [1.29, 1.82) is 0 Å².